The highest BCUT2D eigenvalue weighted by atomic mass is 19.4. The molecular weight excluding hydrogens is 289 g/mol. The molecule has 21 heavy (non-hydrogen) atoms. The number of halogens is 3. The smallest absolute Gasteiger partial charge is 0.406 e. The predicted octanol–water partition coefficient (Wildman–Crippen LogP) is 1.05. The molecular formula is C13H21F3N2O3. The maximum atomic E-state index is 13.1. The van der Waals surface area contributed by atoms with E-state index in [4.69, 9.17) is 9.84 Å². The van der Waals surface area contributed by atoms with Gasteiger partial charge in [-0.15, -0.1) is 0 Å². The number of likely N-dealkylation sites (tertiary alicyclic amines) is 1. The lowest BCUT2D eigenvalue weighted by Crippen LogP contribution is -2.50. The van der Waals surface area contributed by atoms with E-state index in [0.29, 0.717) is 19.7 Å². The summed E-state index contributed by atoms with van der Waals surface area (Å²) in [5, 5.41) is 9.02. The number of aliphatic carboxylic acids is 1. The Morgan fingerprint density at radius 3 is 2.62 bits per heavy atom. The van der Waals surface area contributed by atoms with Gasteiger partial charge >= 0.3 is 12.1 Å². The van der Waals surface area contributed by atoms with Gasteiger partial charge in [-0.2, -0.15) is 13.2 Å². The van der Waals surface area contributed by atoms with E-state index >= 15 is 0 Å². The van der Waals surface area contributed by atoms with E-state index in [0.717, 1.165) is 13.1 Å². The minimum atomic E-state index is -4.73. The first kappa shape index (κ1) is 16.5. The molecule has 0 aromatic heterocycles. The van der Waals surface area contributed by atoms with E-state index in [1.54, 1.807) is 4.90 Å². The first-order valence-electron chi connectivity index (χ1n) is 7.15. The number of carboxylic acid groups (broad SMARTS) is 1. The van der Waals surface area contributed by atoms with Gasteiger partial charge in [-0.05, 0) is 19.5 Å². The van der Waals surface area contributed by atoms with Gasteiger partial charge in [0.15, 0.2) is 5.41 Å². The first-order chi connectivity index (χ1) is 9.78. The third kappa shape index (κ3) is 3.32. The molecule has 0 radical (unpaired) electrons. The summed E-state index contributed by atoms with van der Waals surface area (Å²) in [6, 6.07) is 0. The largest absolute Gasteiger partial charge is 0.481 e. The fraction of sp³-hybridized carbons (Fsp3) is 0.923. The second-order valence-electron chi connectivity index (χ2n) is 5.76. The maximum absolute atomic E-state index is 13.1. The number of hydrogen-bond donors (Lipinski definition) is 1. The predicted molar refractivity (Wildman–Crippen MR) is 69.0 cm³/mol. The van der Waals surface area contributed by atoms with Crippen LogP contribution in [0.4, 0.5) is 13.2 Å². The molecule has 2 aliphatic heterocycles. The number of hydrogen-bond acceptors (Lipinski definition) is 4. The van der Waals surface area contributed by atoms with E-state index in [1.807, 2.05) is 6.92 Å². The van der Waals surface area contributed by atoms with Crippen LogP contribution >= 0.6 is 0 Å². The van der Waals surface area contributed by atoms with Crippen molar-refractivity contribution in [1.29, 1.82) is 0 Å². The van der Waals surface area contributed by atoms with Crippen LogP contribution in [0.25, 0.3) is 0 Å². The van der Waals surface area contributed by atoms with Crippen molar-refractivity contribution in [3.8, 4) is 0 Å². The van der Waals surface area contributed by atoms with Crippen molar-refractivity contribution >= 4 is 5.97 Å². The fourth-order valence-corrected chi connectivity index (χ4v) is 3.04. The van der Waals surface area contributed by atoms with E-state index in [9.17, 15) is 18.0 Å². The van der Waals surface area contributed by atoms with Gasteiger partial charge in [0.05, 0.1) is 12.7 Å². The lowest BCUT2D eigenvalue weighted by atomic mass is 9.86. The topological polar surface area (TPSA) is 53.0 Å². The number of rotatable bonds is 4. The van der Waals surface area contributed by atoms with Crippen molar-refractivity contribution in [2.24, 2.45) is 5.41 Å². The van der Waals surface area contributed by atoms with Crippen molar-refractivity contribution in [2.45, 2.75) is 25.6 Å². The van der Waals surface area contributed by atoms with Crippen LogP contribution in [-0.4, -0.2) is 79.0 Å². The van der Waals surface area contributed by atoms with Crippen LogP contribution < -0.4 is 0 Å². The molecule has 0 aromatic carbocycles. The van der Waals surface area contributed by atoms with Crippen LogP contribution in [0.15, 0.2) is 0 Å². The third-order valence-corrected chi connectivity index (χ3v) is 4.43. The zero-order valence-corrected chi connectivity index (χ0v) is 12.0. The van der Waals surface area contributed by atoms with Crippen molar-refractivity contribution < 1.29 is 27.8 Å². The molecule has 2 aliphatic rings. The summed E-state index contributed by atoms with van der Waals surface area (Å²) in [5.41, 5.74) is -2.63. The first-order valence-corrected chi connectivity index (χ1v) is 7.15. The second-order valence-corrected chi connectivity index (χ2v) is 5.76. The number of nitrogens with zero attached hydrogens (tertiary/aromatic N) is 2. The van der Waals surface area contributed by atoms with Gasteiger partial charge < -0.3 is 9.84 Å². The fourth-order valence-electron chi connectivity index (χ4n) is 3.04. The van der Waals surface area contributed by atoms with Crippen LogP contribution in [0.1, 0.15) is 13.3 Å². The Balaban J connectivity index is 1.97. The molecule has 0 aromatic rings. The Bertz CT molecular complexity index is 391. The molecule has 2 heterocycles. The van der Waals surface area contributed by atoms with Crippen LogP contribution in [0.2, 0.25) is 0 Å². The van der Waals surface area contributed by atoms with E-state index in [-0.39, 0.29) is 12.6 Å². The number of alkyl halides is 3. The summed E-state index contributed by atoms with van der Waals surface area (Å²) in [6.45, 7) is 4.97. The van der Waals surface area contributed by atoms with Gasteiger partial charge in [-0.25, -0.2) is 0 Å². The van der Waals surface area contributed by atoms with E-state index in [1.165, 1.54) is 0 Å². The SMILES string of the molecule is CCN1CCOC(CN2CCC(C(=O)O)(C(F)(F)F)C2)C1. The lowest BCUT2D eigenvalue weighted by molar-refractivity contribution is -0.227. The van der Waals surface area contributed by atoms with Crippen molar-refractivity contribution in [3.63, 3.8) is 0 Å². The Hall–Kier alpha value is -0.860. The highest BCUT2D eigenvalue weighted by molar-refractivity contribution is 5.76. The molecule has 0 spiro atoms. The average molecular weight is 310 g/mol. The molecule has 2 fully saturated rings. The highest BCUT2D eigenvalue weighted by Gasteiger charge is 2.63. The minimum Gasteiger partial charge on any atom is -0.481 e. The van der Waals surface area contributed by atoms with E-state index in [2.05, 4.69) is 4.90 Å². The molecule has 0 amide bonds. The summed E-state index contributed by atoms with van der Waals surface area (Å²) in [7, 11) is 0. The van der Waals surface area contributed by atoms with Gasteiger partial charge in [0, 0.05) is 26.2 Å². The molecule has 0 saturated carbocycles. The normalized spacial score (nSPS) is 32.5. The number of carboxylic acids is 1. The van der Waals surface area contributed by atoms with E-state index < -0.39 is 30.5 Å². The summed E-state index contributed by atoms with van der Waals surface area (Å²) in [4.78, 5) is 14.9. The molecule has 2 saturated heterocycles. The van der Waals surface area contributed by atoms with Crippen LogP contribution in [0.3, 0.4) is 0 Å². The number of carbonyl (C=O) groups is 1. The molecule has 2 atom stereocenters. The Labute approximate surface area is 121 Å². The third-order valence-electron chi connectivity index (χ3n) is 4.43. The number of morpholine rings is 1. The molecule has 5 nitrogen and oxygen atoms in total. The molecule has 122 valence electrons. The number of ether oxygens (including phenoxy) is 1. The zero-order chi connectivity index (χ0) is 15.7. The molecule has 0 bridgehead atoms. The Morgan fingerprint density at radius 2 is 2.10 bits per heavy atom. The molecule has 0 aliphatic carbocycles. The van der Waals surface area contributed by atoms with Crippen LogP contribution in [-0.2, 0) is 9.53 Å². The summed E-state index contributed by atoms with van der Waals surface area (Å²) >= 11 is 0. The van der Waals surface area contributed by atoms with Gasteiger partial charge in [0.2, 0.25) is 0 Å². The monoisotopic (exact) mass is 310 g/mol. The maximum Gasteiger partial charge on any atom is 0.406 e. The quantitative estimate of drug-likeness (QED) is 0.841. The van der Waals surface area contributed by atoms with Gasteiger partial charge in [-0.3, -0.25) is 14.6 Å². The van der Waals surface area contributed by atoms with Crippen molar-refractivity contribution in [2.75, 3.05) is 45.9 Å². The standard InChI is InChI=1S/C13H21F3N2O3/c1-2-17-5-6-21-10(7-17)8-18-4-3-12(9-18,11(19)20)13(14,15)16/h10H,2-9H2,1H3,(H,19,20). The van der Waals surface area contributed by atoms with Crippen molar-refractivity contribution in [3.05, 3.63) is 0 Å². The Kier molecular flexibility index (Phi) is 4.79. The lowest BCUT2D eigenvalue weighted by Gasteiger charge is -2.34. The van der Waals surface area contributed by atoms with Gasteiger partial charge in [-0.1, -0.05) is 6.92 Å². The molecule has 1 N–H and O–H groups in total. The number of likely N-dealkylation sites (N-methyl/N-ethyl adjacent to an activating group) is 1. The summed E-state index contributed by atoms with van der Waals surface area (Å²) < 4.78 is 44.8. The molecule has 2 unspecified atom stereocenters. The minimum absolute atomic E-state index is 0.137. The Morgan fingerprint density at radius 1 is 1.38 bits per heavy atom. The summed E-state index contributed by atoms with van der Waals surface area (Å²) in [6.07, 6.45) is -5.27. The highest BCUT2D eigenvalue weighted by Crippen LogP contribution is 2.45. The summed E-state index contributed by atoms with van der Waals surface area (Å²) in [5.74, 6) is -1.78. The second kappa shape index (κ2) is 6.10. The van der Waals surface area contributed by atoms with Crippen LogP contribution in [0.5, 0.6) is 0 Å². The van der Waals surface area contributed by atoms with Gasteiger partial charge in [0.25, 0.3) is 0 Å². The zero-order valence-electron chi connectivity index (χ0n) is 12.0. The molecule has 8 heteroatoms. The van der Waals surface area contributed by atoms with Crippen molar-refractivity contribution in [1.82, 2.24) is 9.80 Å². The van der Waals surface area contributed by atoms with Crippen LogP contribution in [0, 0.1) is 5.41 Å². The van der Waals surface area contributed by atoms with Gasteiger partial charge in [0.1, 0.15) is 0 Å². The molecule has 2 rings (SSSR count). The average Bonchev–Trinajstić information content (AvgIpc) is 2.84.